The van der Waals surface area contributed by atoms with Crippen molar-refractivity contribution in [1.29, 1.82) is 0 Å². The maximum Gasteiger partial charge on any atom is 0.181 e. The summed E-state index contributed by atoms with van der Waals surface area (Å²) < 4.78 is 14.7. The minimum Gasteiger partial charge on any atom is -0.388 e. The van der Waals surface area contributed by atoms with Gasteiger partial charge in [-0.2, -0.15) is 0 Å². The molecule has 0 spiro atoms. The topological polar surface area (TPSA) is 96.7 Å². The lowest BCUT2D eigenvalue weighted by molar-refractivity contribution is -0.208. The van der Waals surface area contributed by atoms with Crippen LogP contribution in [0.5, 0.6) is 0 Å². The molecule has 3 N–H and O–H groups in total. The molecule has 2 aliphatic heterocycles. The van der Waals surface area contributed by atoms with E-state index in [4.69, 9.17) is 9.47 Å². The van der Waals surface area contributed by atoms with Crippen LogP contribution in [-0.2, 0) is 9.47 Å². The van der Waals surface area contributed by atoms with Crippen LogP contribution in [-0.4, -0.2) is 56.5 Å². The molecule has 8 heteroatoms. The van der Waals surface area contributed by atoms with E-state index in [1.807, 2.05) is 0 Å². The van der Waals surface area contributed by atoms with E-state index in [9.17, 15) is 10.2 Å². The van der Waals surface area contributed by atoms with E-state index in [0.717, 1.165) is 0 Å². The van der Waals surface area contributed by atoms with E-state index in [-0.39, 0.29) is 6.61 Å². The Morgan fingerprint density at radius 2 is 2.41 bits per heavy atom. The molecule has 0 radical (unpaired) electrons. The van der Waals surface area contributed by atoms with Gasteiger partial charge in [0, 0.05) is 0 Å². The summed E-state index contributed by atoms with van der Waals surface area (Å²) in [6.45, 7) is 1.99. The number of rotatable bonds is 2. The molecule has 0 amide bonds. The summed E-state index contributed by atoms with van der Waals surface area (Å²) in [6.07, 6.45) is -2.55. The van der Waals surface area contributed by atoms with E-state index in [1.165, 1.54) is 11.5 Å². The molecule has 3 rings (SSSR count). The summed E-state index contributed by atoms with van der Waals surface area (Å²) in [5, 5.41) is 28.6. The van der Waals surface area contributed by atoms with E-state index in [2.05, 4.69) is 14.9 Å². The van der Waals surface area contributed by atoms with E-state index in [1.54, 1.807) is 12.3 Å². The van der Waals surface area contributed by atoms with Crippen molar-refractivity contribution in [2.24, 2.45) is 0 Å². The average molecular weight is 259 g/mol. The van der Waals surface area contributed by atoms with Crippen LogP contribution in [0.3, 0.4) is 0 Å². The van der Waals surface area contributed by atoms with Gasteiger partial charge in [0.2, 0.25) is 0 Å². The monoisotopic (exact) mass is 259 g/mol. The Kier molecular flexibility index (Phi) is 2.56. The molecule has 94 valence electrons. The van der Waals surface area contributed by atoms with Gasteiger partial charge in [-0.15, -0.1) is 5.10 Å². The SMILES string of the molecule is C[C@@]12CO[C@@H](O1)[C@H](Nc1csnn1)[C@@H](O)[C@H]2O. The van der Waals surface area contributed by atoms with Crippen molar-refractivity contribution < 1.29 is 19.7 Å². The minimum atomic E-state index is -0.995. The molecule has 7 nitrogen and oxygen atoms in total. The van der Waals surface area contributed by atoms with Gasteiger partial charge in [-0.05, 0) is 18.5 Å². The van der Waals surface area contributed by atoms with Gasteiger partial charge in [-0.1, -0.05) is 4.49 Å². The number of fused-ring (bicyclic) bond motifs is 2. The third kappa shape index (κ3) is 1.72. The normalized spacial score (nSPS) is 44.9. The minimum absolute atomic E-state index is 0.267. The van der Waals surface area contributed by atoms with Crippen molar-refractivity contribution in [3.63, 3.8) is 0 Å². The molecule has 2 fully saturated rings. The van der Waals surface area contributed by atoms with Crippen LogP contribution in [0.4, 0.5) is 5.82 Å². The number of aliphatic hydroxyl groups excluding tert-OH is 2. The van der Waals surface area contributed by atoms with Crippen molar-refractivity contribution in [1.82, 2.24) is 9.59 Å². The highest BCUT2D eigenvalue weighted by atomic mass is 32.1. The number of ether oxygens (including phenoxy) is 2. The molecule has 3 heterocycles. The van der Waals surface area contributed by atoms with Crippen LogP contribution in [0.1, 0.15) is 6.92 Å². The zero-order valence-corrected chi connectivity index (χ0v) is 9.92. The Bertz CT molecular complexity index is 403. The first-order chi connectivity index (χ1) is 8.10. The van der Waals surface area contributed by atoms with Crippen molar-refractivity contribution in [2.75, 3.05) is 11.9 Å². The summed E-state index contributed by atoms with van der Waals surface area (Å²) in [7, 11) is 0. The molecule has 5 atom stereocenters. The third-order valence-corrected chi connectivity index (χ3v) is 3.71. The highest BCUT2D eigenvalue weighted by Crippen LogP contribution is 2.37. The maximum atomic E-state index is 10.1. The lowest BCUT2D eigenvalue weighted by atomic mass is 9.89. The summed E-state index contributed by atoms with van der Waals surface area (Å²) in [5.41, 5.74) is -0.831. The number of hydrogen-bond donors (Lipinski definition) is 3. The van der Waals surface area contributed by atoms with Crippen molar-refractivity contribution in [3.05, 3.63) is 5.38 Å². The van der Waals surface area contributed by atoms with E-state index >= 15 is 0 Å². The second-order valence-corrected chi connectivity index (χ2v) is 5.12. The summed E-state index contributed by atoms with van der Waals surface area (Å²) >= 11 is 1.20. The Morgan fingerprint density at radius 3 is 3.12 bits per heavy atom. The summed E-state index contributed by atoms with van der Waals surface area (Å²) in [5.74, 6) is 0.536. The largest absolute Gasteiger partial charge is 0.388 e. The molecular formula is C9H13N3O4S. The number of nitrogens with one attached hydrogen (secondary N) is 1. The quantitative estimate of drug-likeness (QED) is 0.639. The number of anilines is 1. The van der Waals surface area contributed by atoms with Gasteiger partial charge >= 0.3 is 0 Å². The first-order valence-electron chi connectivity index (χ1n) is 5.29. The number of aromatic nitrogens is 2. The van der Waals surface area contributed by atoms with Gasteiger partial charge in [0.25, 0.3) is 0 Å². The van der Waals surface area contributed by atoms with Crippen LogP contribution < -0.4 is 5.32 Å². The van der Waals surface area contributed by atoms with Crippen LogP contribution in [0, 0.1) is 0 Å². The van der Waals surface area contributed by atoms with Crippen LogP contribution in [0.25, 0.3) is 0 Å². The van der Waals surface area contributed by atoms with E-state index in [0.29, 0.717) is 5.82 Å². The molecule has 0 aliphatic carbocycles. The van der Waals surface area contributed by atoms with Crippen LogP contribution in [0.15, 0.2) is 5.38 Å². The fourth-order valence-electron chi connectivity index (χ4n) is 2.18. The number of nitrogens with zero attached hydrogens (tertiary/aromatic N) is 2. The molecule has 0 unspecified atom stereocenters. The van der Waals surface area contributed by atoms with Crippen LogP contribution in [0.2, 0.25) is 0 Å². The Hall–Kier alpha value is -0.800. The molecular weight excluding hydrogens is 246 g/mol. The van der Waals surface area contributed by atoms with Crippen molar-refractivity contribution >= 4 is 17.4 Å². The van der Waals surface area contributed by atoms with Gasteiger partial charge in [0.05, 0.1) is 12.0 Å². The molecule has 2 aliphatic rings. The molecule has 2 bridgehead atoms. The smallest absolute Gasteiger partial charge is 0.181 e. The van der Waals surface area contributed by atoms with Crippen molar-refractivity contribution in [3.8, 4) is 0 Å². The predicted octanol–water partition coefficient (Wildman–Crippen LogP) is -0.814. The number of aliphatic hydroxyl groups is 2. The summed E-state index contributed by atoms with van der Waals surface area (Å²) in [4.78, 5) is 0. The predicted molar refractivity (Wildman–Crippen MR) is 58.6 cm³/mol. The first kappa shape index (κ1) is 11.3. The van der Waals surface area contributed by atoms with Crippen molar-refractivity contribution in [2.45, 2.75) is 37.1 Å². The van der Waals surface area contributed by atoms with Gasteiger partial charge in [0.15, 0.2) is 12.1 Å². The van der Waals surface area contributed by atoms with E-state index < -0.39 is 30.1 Å². The second-order valence-electron chi connectivity index (χ2n) is 4.51. The summed E-state index contributed by atoms with van der Waals surface area (Å²) in [6, 6.07) is -0.551. The Labute approximate surface area is 102 Å². The molecule has 2 saturated heterocycles. The fourth-order valence-corrected chi connectivity index (χ4v) is 2.58. The molecule has 1 aromatic heterocycles. The Morgan fingerprint density at radius 1 is 1.59 bits per heavy atom. The highest BCUT2D eigenvalue weighted by Gasteiger charge is 2.56. The lowest BCUT2D eigenvalue weighted by Crippen LogP contribution is -2.61. The molecule has 0 aromatic carbocycles. The third-order valence-electron chi connectivity index (χ3n) is 3.20. The second kappa shape index (κ2) is 3.85. The molecule has 0 saturated carbocycles. The highest BCUT2D eigenvalue weighted by molar-refractivity contribution is 7.03. The molecule has 1 aromatic rings. The maximum absolute atomic E-state index is 10.1. The molecule has 17 heavy (non-hydrogen) atoms. The van der Waals surface area contributed by atoms with Gasteiger partial charge in [-0.3, -0.25) is 0 Å². The standard InChI is InChI=1S/C9H13N3O4S/c1-9-3-15-8(16-9)5(6(13)7(9)14)10-4-2-17-12-11-4/h2,5-8,10,13-14H,3H2,1H3/t5-,6-,7-,8+,9+/m1/s1. The average Bonchev–Trinajstić information content (AvgIpc) is 2.91. The van der Waals surface area contributed by atoms with Gasteiger partial charge in [-0.25, -0.2) is 0 Å². The zero-order valence-electron chi connectivity index (χ0n) is 9.11. The number of hydrogen-bond acceptors (Lipinski definition) is 8. The van der Waals surface area contributed by atoms with Crippen LogP contribution >= 0.6 is 11.5 Å². The fraction of sp³-hybridized carbons (Fsp3) is 0.778. The lowest BCUT2D eigenvalue weighted by Gasteiger charge is -2.41. The first-order valence-corrected chi connectivity index (χ1v) is 6.13. The zero-order chi connectivity index (χ0) is 12.0. The van der Waals surface area contributed by atoms with Gasteiger partial charge < -0.3 is 25.0 Å². The van der Waals surface area contributed by atoms with Gasteiger partial charge in [0.1, 0.15) is 23.9 Å². The Balaban J connectivity index is 1.81.